The van der Waals surface area contributed by atoms with Crippen molar-refractivity contribution in [3.05, 3.63) is 71.8 Å². The van der Waals surface area contributed by atoms with Crippen molar-refractivity contribution >= 4 is 11.9 Å². The van der Waals surface area contributed by atoms with Gasteiger partial charge in [0.25, 0.3) is 0 Å². The summed E-state index contributed by atoms with van der Waals surface area (Å²) in [5.41, 5.74) is 1.23. The number of para-hydroxylation sites is 1. The number of ether oxygens (including phenoxy) is 3. The summed E-state index contributed by atoms with van der Waals surface area (Å²) in [6, 6.07) is 15.5. The predicted octanol–water partition coefficient (Wildman–Crippen LogP) is 3.79. The standard InChI is InChI=1S/C20H20O5/c1-15(2)14-19(21)25-18-10-8-16(9-11-18)20(22)24-13-12-23-17-6-4-3-5-7-17/h3-11,14H,12-13H2,1-2H3. The van der Waals surface area contributed by atoms with Crippen LogP contribution in [-0.2, 0) is 9.53 Å². The first-order chi connectivity index (χ1) is 12.0. The molecule has 0 aromatic heterocycles. The third-order valence-electron chi connectivity index (χ3n) is 3.04. The van der Waals surface area contributed by atoms with E-state index in [2.05, 4.69) is 0 Å². The van der Waals surface area contributed by atoms with E-state index in [1.54, 1.807) is 24.3 Å². The maximum atomic E-state index is 11.9. The van der Waals surface area contributed by atoms with E-state index in [4.69, 9.17) is 14.2 Å². The summed E-state index contributed by atoms with van der Waals surface area (Å²) in [5, 5.41) is 0. The molecule has 0 aliphatic heterocycles. The molecule has 0 aliphatic rings. The van der Waals surface area contributed by atoms with Crippen molar-refractivity contribution in [2.75, 3.05) is 13.2 Å². The summed E-state index contributed by atoms with van der Waals surface area (Å²) in [5.74, 6) is 0.180. The third-order valence-corrected chi connectivity index (χ3v) is 3.04. The van der Waals surface area contributed by atoms with Gasteiger partial charge in [-0.2, -0.15) is 0 Å². The first-order valence-electron chi connectivity index (χ1n) is 7.86. The van der Waals surface area contributed by atoms with E-state index in [9.17, 15) is 9.59 Å². The lowest BCUT2D eigenvalue weighted by Crippen LogP contribution is -2.12. The summed E-state index contributed by atoms with van der Waals surface area (Å²) in [6.45, 7) is 4.03. The van der Waals surface area contributed by atoms with E-state index >= 15 is 0 Å². The molecule has 2 aromatic carbocycles. The van der Waals surface area contributed by atoms with Gasteiger partial charge in [0.15, 0.2) is 0 Å². The normalized spacial score (nSPS) is 9.84. The first-order valence-corrected chi connectivity index (χ1v) is 7.86. The highest BCUT2D eigenvalue weighted by molar-refractivity contribution is 5.90. The van der Waals surface area contributed by atoms with Crippen molar-refractivity contribution in [2.24, 2.45) is 0 Å². The number of hydrogen-bond acceptors (Lipinski definition) is 5. The molecule has 0 bridgehead atoms. The summed E-state index contributed by atoms with van der Waals surface area (Å²) in [4.78, 5) is 23.5. The average Bonchev–Trinajstić information content (AvgIpc) is 2.59. The molecule has 2 aromatic rings. The van der Waals surface area contributed by atoms with Crippen LogP contribution in [0.1, 0.15) is 24.2 Å². The third kappa shape index (κ3) is 6.51. The van der Waals surface area contributed by atoms with Crippen LogP contribution in [0.3, 0.4) is 0 Å². The van der Waals surface area contributed by atoms with Crippen LogP contribution in [0.4, 0.5) is 0 Å². The van der Waals surface area contributed by atoms with Gasteiger partial charge in [0.05, 0.1) is 5.56 Å². The van der Waals surface area contributed by atoms with Gasteiger partial charge < -0.3 is 14.2 Å². The van der Waals surface area contributed by atoms with E-state index in [0.29, 0.717) is 11.3 Å². The maximum absolute atomic E-state index is 11.9. The Morgan fingerprint density at radius 1 is 0.880 bits per heavy atom. The Morgan fingerprint density at radius 3 is 2.20 bits per heavy atom. The maximum Gasteiger partial charge on any atom is 0.338 e. The molecule has 0 aliphatic carbocycles. The van der Waals surface area contributed by atoms with Crippen molar-refractivity contribution in [3.8, 4) is 11.5 Å². The van der Waals surface area contributed by atoms with E-state index in [1.165, 1.54) is 6.08 Å². The van der Waals surface area contributed by atoms with Gasteiger partial charge in [0.1, 0.15) is 24.7 Å². The van der Waals surface area contributed by atoms with Crippen LogP contribution < -0.4 is 9.47 Å². The van der Waals surface area contributed by atoms with Crippen LogP contribution in [0.5, 0.6) is 11.5 Å². The quantitative estimate of drug-likeness (QED) is 0.332. The van der Waals surface area contributed by atoms with Gasteiger partial charge in [-0.1, -0.05) is 23.8 Å². The fourth-order valence-corrected chi connectivity index (χ4v) is 1.93. The minimum Gasteiger partial charge on any atom is -0.490 e. The second-order valence-electron chi connectivity index (χ2n) is 5.46. The molecule has 0 atom stereocenters. The average molecular weight is 340 g/mol. The number of hydrogen-bond donors (Lipinski definition) is 0. The van der Waals surface area contributed by atoms with Gasteiger partial charge in [0, 0.05) is 6.08 Å². The molecule has 0 heterocycles. The summed E-state index contributed by atoms with van der Waals surface area (Å²) >= 11 is 0. The lowest BCUT2D eigenvalue weighted by Gasteiger charge is -2.08. The van der Waals surface area contributed by atoms with Crippen molar-refractivity contribution in [1.29, 1.82) is 0 Å². The largest absolute Gasteiger partial charge is 0.490 e. The van der Waals surface area contributed by atoms with E-state index < -0.39 is 11.9 Å². The molecule has 0 saturated carbocycles. The SMILES string of the molecule is CC(C)=CC(=O)Oc1ccc(C(=O)OCCOc2ccccc2)cc1. The Kier molecular flexibility index (Phi) is 6.77. The molecule has 0 N–H and O–H groups in total. The lowest BCUT2D eigenvalue weighted by molar-refractivity contribution is -0.129. The highest BCUT2D eigenvalue weighted by atomic mass is 16.6. The van der Waals surface area contributed by atoms with Crippen LogP contribution in [0.15, 0.2) is 66.2 Å². The monoisotopic (exact) mass is 340 g/mol. The van der Waals surface area contributed by atoms with Gasteiger partial charge >= 0.3 is 11.9 Å². The predicted molar refractivity (Wildman–Crippen MR) is 93.7 cm³/mol. The summed E-state index contributed by atoms with van der Waals surface area (Å²) in [6.07, 6.45) is 1.40. The Bertz CT molecular complexity index is 728. The molecule has 5 nitrogen and oxygen atoms in total. The number of benzene rings is 2. The molecule has 0 saturated heterocycles. The first kappa shape index (κ1) is 18.3. The number of carbonyl (C=O) groups excluding carboxylic acids is 2. The highest BCUT2D eigenvalue weighted by Gasteiger charge is 2.08. The highest BCUT2D eigenvalue weighted by Crippen LogP contribution is 2.14. The number of esters is 2. The van der Waals surface area contributed by atoms with E-state index in [0.717, 1.165) is 11.3 Å². The zero-order valence-corrected chi connectivity index (χ0v) is 14.2. The Balaban J connectivity index is 1.78. The van der Waals surface area contributed by atoms with Gasteiger partial charge in [-0.05, 0) is 50.2 Å². The molecule has 0 spiro atoms. The molecule has 25 heavy (non-hydrogen) atoms. The summed E-state index contributed by atoms with van der Waals surface area (Å²) < 4.78 is 15.7. The van der Waals surface area contributed by atoms with Crippen LogP contribution in [0.2, 0.25) is 0 Å². The molecule has 2 rings (SSSR count). The molecule has 5 heteroatoms. The smallest absolute Gasteiger partial charge is 0.338 e. The summed E-state index contributed by atoms with van der Waals surface area (Å²) in [7, 11) is 0. The Hall–Kier alpha value is -3.08. The van der Waals surface area contributed by atoms with Crippen LogP contribution in [-0.4, -0.2) is 25.2 Å². The zero-order valence-electron chi connectivity index (χ0n) is 14.2. The molecular weight excluding hydrogens is 320 g/mol. The fourth-order valence-electron chi connectivity index (χ4n) is 1.93. The minimum atomic E-state index is -0.459. The molecule has 0 amide bonds. The van der Waals surface area contributed by atoms with Gasteiger partial charge in [-0.3, -0.25) is 0 Å². The number of rotatable bonds is 7. The molecule has 0 unspecified atom stereocenters. The van der Waals surface area contributed by atoms with Crippen molar-refractivity contribution in [2.45, 2.75) is 13.8 Å². The van der Waals surface area contributed by atoms with Crippen molar-refractivity contribution in [3.63, 3.8) is 0 Å². The molecule has 0 fully saturated rings. The number of carbonyl (C=O) groups is 2. The number of allylic oxidation sites excluding steroid dienone is 1. The van der Waals surface area contributed by atoms with Crippen molar-refractivity contribution in [1.82, 2.24) is 0 Å². The molecular formula is C20H20O5. The van der Waals surface area contributed by atoms with Crippen LogP contribution in [0.25, 0.3) is 0 Å². The van der Waals surface area contributed by atoms with E-state index in [-0.39, 0.29) is 13.2 Å². The van der Waals surface area contributed by atoms with Crippen LogP contribution >= 0.6 is 0 Å². The minimum absolute atomic E-state index is 0.144. The van der Waals surface area contributed by atoms with Crippen LogP contribution in [0, 0.1) is 0 Å². The van der Waals surface area contributed by atoms with Gasteiger partial charge in [-0.15, -0.1) is 0 Å². The Morgan fingerprint density at radius 2 is 1.56 bits per heavy atom. The fraction of sp³-hybridized carbons (Fsp3) is 0.200. The Labute approximate surface area is 146 Å². The zero-order chi connectivity index (χ0) is 18.1. The van der Waals surface area contributed by atoms with Gasteiger partial charge in [-0.25, -0.2) is 9.59 Å². The van der Waals surface area contributed by atoms with Gasteiger partial charge in [0.2, 0.25) is 0 Å². The van der Waals surface area contributed by atoms with E-state index in [1.807, 2.05) is 44.2 Å². The molecule has 0 radical (unpaired) electrons. The molecule has 130 valence electrons. The second kappa shape index (κ2) is 9.27. The lowest BCUT2D eigenvalue weighted by atomic mass is 10.2. The topological polar surface area (TPSA) is 61.8 Å². The van der Waals surface area contributed by atoms with Crippen molar-refractivity contribution < 1.29 is 23.8 Å². The second-order valence-corrected chi connectivity index (χ2v) is 5.46.